The van der Waals surface area contributed by atoms with E-state index < -0.39 is 0 Å². The molecule has 0 unspecified atom stereocenters. The van der Waals surface area contributed by atoms with Gasteiger partial charge in [-0.15, -0.1) is 11.3 Å². The van der Waals surface area contributed by atoms with Crippen molar-refractivity contribution in [2.24, 2.45) is 5.73 Å². The molecule has 0 saturated carbocycles. The van der Waals surface area contributed by atoms with Crippen molar-refractivity contribution in [3.8, 4) is 21.8 Å². The van der Waals surface area contributed by atoms with Crippen molar-refractivity contribution in [1.29, 1.82) is 0 Å². The number of benzene rings is 2. The molecule has 0 aliphatic heterocycles. The highest BCUT2D eigenvalue weighted by Crippen LogP contribution is 2.40. The van der Waals surface area contributed by atoms with E-state index in [2.05, 4.69) is 42.5 Å². The Hall–Kier alpha value is -1.97. The number of fused-ring (bicyclic) bond motifs is 3. The standard InChI is InChI=1S/C18H16N2S/c19-11-13-6-2-4-8-15(13)18-20-17-14-7-3-1-5-12(14)9-10-16(17)21-18/h1-8H,9-11,19H2. The summed E-state index contributed by atoms with van der Waals surface area (Å²) in [5.41, 5.74) is 12.1. The van der Waals surface area contributed by atoms with E-state index >= 15 is 0 Å². The van der Waals surface area contributed by atoms with Crippen LogP contribution in [0.4, 0.5) is 0 Å². The van der Waals surface area contributed by atoms with Gasteiger partial charge in [-0.3, -0.25) is 0 Å². The van der Waals surface area contributed by atoms with Crippen molar-refractivity contribution in [1.82, 2.24) is 4.98 Å². The molecule has 0 saturated heterocycles. The van der Waals surface area contributed by atoms with Crippen molar-refractivity contribution < 1.29 is 0 Å². The van der Waals surface area contributed by atoms with Crippen LogP contribution in [0.25, 0.3) is 21.8 Å². The maximum absolute atomic E-state index is 5.86. The van der Waals surface area contributed by atoms with E-state index in [1.54, 1.807) is 0 Å². The van der Waals surface area contributed by atoms with Gasteiger partial charge in [0.2, 0.25) is 0 Å². The smallest absolute Gasteiger partial charge is 0.124 e. The number of hydrogen-bond acceptors (Lipinski definition) is 3. The van der Waals surface area contributed by atoms with E-state index in [1.807, 2.05) is 17.4 Å². The van der Waals surface area contributed by atoms with E-state index in [9.17, 15) is 0 Å². The van der Waals surface area contributed by atoms with Gasteiger partial charge >= 0.3 is 0 Å². The van der Waals surface area contributed by atoms with Crippen LogP contribution in [-0.4, -0.2) is 4.98 Å². The molecule has 0 radical (unpaired) electrons. The molecule has 2 N–H and O–H groups in total. The average Bonchev–Trinajstić information content (AvgIpc) is 2.99. The Morgan fingerprint density at radius 2 is 1.71 bits per heavy atom. The Bertz CT molecular complexity index is 804. The molecule has 3 heteroatoms. The Kier molecular flexibility index (Phi) is 3.09. The zero-order chi connectivity index (χ0) is 14.2. The van der Waals surface area contributed by atoms with Gasteiger partial charge < -0.3 is 5.73 Å². The van der Waals surface area contributed by atoms with Crippen LogP contribution >= 0.6 is 11.3 Å². The SMILES string of the molecule is NCc1ccccc1-c1nc2c(s1)CCc1ccccc1-2. The van der Waals surface area contributed by atoms with Gasteiger partial charge in [0.1, 0.15) is 5.01 Å². The lowest BCUT2D eigenvalue weighted by Gasteiger charge is -2.13. The molecule has 2 aromatic carbocycles. The number of hydrogen-bond donors (Lipinski definition) is 1. The average molecular weight is 292 g/mol. The fraction of sp³-hybridized carbons (Fsp3) is 0.167. The number of aromatic nitrogens is 1. The quantitative estimate of drug-likeness (QED) is 0.774. The molecule has 0 fully saturated rings. The number of nitrogens with two attached hydrogens (primary N) is 1. The van der Waals surface area contributed by atoms with Crippen LogP contribution in [0.1, 0.15) is 16.0 Å². The highest BCUT2D eigenvalue weighted by atomic mass is 32.1. The number of aryl methyl sites for hydroxylation is 2. The second-order valence-corrected chi connectivity index (χ2v) is 6.39. The Balaban J connectivity index is 1.87. The summed E-state index contributed by atoms with van der Waals surface area (Å²) in [6.07, 6.45) is 2.21. The molecular weight excluding hydrogens is 276 g/mol. The van der Waals surface area contributed by atoms with Gasteiger partial charge in [0.05, 0.1) is 5.69 Å². The van der Waals surface area contributed by atoms with Crippen molar-refractivity contribution in [3.63, 3.8) is 0 Å². The molecule has 1 heterocycles. The van der Waals surface area contributed by atoms with Crippen molar-refractivity contribution in [2.75, 3.05) is 0 Å². The first-order valence-electron chi connectivity index (χ1n) is 7.23. The van der Waals surface area contributed by atoms with Crippen LogP contribution in [0, 0.1) is 0 Å². The molecule has 1 aliphatic carbocycles. The number of nitrogens with zero attached hydrogens (tertiary/aromatic N) is 1. The predicted octanol–water partition coefficient (Wildman–Crippen LogP) is 4.03. The molecule has 4 rings (SSSR count). The maximum Gasteiger partial charge on any atom is 0.124 e. The van der Waals surface area contributed by atoms with E-state index in [0.717, 1.165) is 23.4 Å². The van der Waals surface area contributed by atoms with Crippen LogP contribution in [0.15, 0.2) is 48.5 Å². The Morgan fingerprint density at radius 1 is 0.952 bits per heavy atom. The van der Waals surface area contributed by atoms with E-state index in [4.69, 9.17) is 10.7 Å². The summed E-state index contributed by atoms with van der Waals surface area (Å²) in [6, 6.07) is 16.9. The summed E-state index contributed by atoms with van der Waals surface area (Å²) in [4.78, 5) is 6.33. The van der Waals surface area contributed by atoms with Crippen LogP contribution in [0.5, 0.6) is 0 Å². The van der Waals surface area contributed by atoms with Gasteiger partial charge in [0, 0.05) is 22.5 Å². The largest absolute Gasteiger partial charge is 0.326 e. The molecule has 0 spiro atoms. The fourth-order valence-electron chi connectivity index (χ4n) is 2.97. The normalized spacial score (nSPS) is 12.8. The van der Waals surface area contributed by atoms with Gasteiger partial charge in [-0.25, -0.2) is 4.98 Å². The minimum absolute atomic E-state index is 0.553. The van der Waals surface area contributed by atoms with Gasteiger partial charge in [0.15, 0.2) is 0 Å². The minimum atomic E-state index is 0.553. The summed E-state index contributed by atoms with van der Waals surface area (Å²) >= 11 is 1.81. The first-order valence-corrected chi connectivity index (χ1v) is 8.05. The zero-order valence-corrected chi connectivity index (χ0v) is 12.5. The molecule has 1 aliphatic rings. The van der Waals surface area contributed by atoms with E-state index in [0.29, 0.717) is 6.54 Å². The van der Waals surface area contributed by atoms with Crippen LogP contribution in [0.2, 0.25) is 0 Å². The third-order valence-corrected chi connectivity index (χ3v) is 5.21. The maximum atomic E-state index is 5.86. The van der Waals surface area contributed by atoms with E-state index in [1.165, 1.54) is 27.3 Å². The molecule has 1 aromatic heterocycles. The summed E-state index contributed by atoms with van der Waals surface area (Å²) in [5.74, 6) is 0. The minimum Gasteiger partial charge on any atom is -0.326 e. The first kappa shape index (κ1) is 12.7. The highest BCUT2D eigenvalue weighted by Gasteiger charge is 2.21. The van der Waals surface area contributed by atoms with Crippen LogP contribution in [-0.2, 0) is 19.4 Å². The first-order chi connectivity index (χ1) is 10.4. The van der Waals surface area contributed by atoms with Crippen LogP contribution in [0.3, 0.4) is 0 Å². The lowest BCUT2D eigenvalue weighted by molar-refractivity contribution is 0.955. The van der Waals surface area contributed by atoms with Crippen molar-refractivity contribution >= 4 is 11.3 Å². The van der Waals surface area contributed by atoms with Gasteiger partial charge in [-0.1, -0.05) is 48.5 Å². The molecule has 21 heavy (non-hydrogen) atoms. The molecule has 0 bridgehead atoms. The van der Waals surface area contributed by atoms with Crippen molar-refractivity contribution in [3.05, 3.63) is 64.5 Å². The zero-order valence-electron chi connectivity index (χ0n) is 11.7. The molecule has 3 aromatic rings. The highest BCUT2D eigenvalue weighted by molar-refractivity contribution is 7.15. The second kappa shape index (κ2) is 5.10. The lowest BCUT2D eigenvalue weighted by Crippen LogP contribution is -2.01. The number of rotatable bonds is 2. The van der Waals surface area contributed by atoms with Gasteiger partial charge in [-0.2, -0.15) is 0 Å². The predicted molar refractivity (Wildman–Crippen MR) is 88.3 cm³/mol. The fourth-order valence-corrected chi connectivity index (χ4v) is 4.11. The van der Waals surface area contributed by atoms with Gasteiger partial charge in [-0.05, 0) is 24.0 Å². The molecule has 2 nitrogen and oxygen atoms in total. The lowest BCUT2D eigenvalue weighted by atomic mass is 9.94. The molecule has 0 atom stereocenters. The Morgan fingerprint density at radius 3 is 2.57 bits per heavy atom. The molecular formula is C18H16N2S. The summed E-state index contributed by atoms with van der Waals surface area (Å²) in [5, 5.41) is 1.10. The molecule has 0 amide bonds. The van der Waals surface area contributed by atoms with E-state index in [-0.39, 0.29) is 0 Å². The second-order valence-electron chi connectivity index (χ2n) is 5.31. The summed E-state index contributed by atoms with van der Waals surface area (Å²) in [7, 11) is 0. The topological polar surface area (TPSA) is 38.9 Å². The van der Waals surface area contributed by atoms with Crippen LogP contribution < -0.4 is 5.73 Å². The summed E-state index contributed by atoms with van der Waals surface area (Å²) in [6.45, 7) is 0.553. The van der Waals surface area contributed by atoms with Gasteiger partial charge in [0.25, 0.3) is 0 Å². The van der Waals surface area contributed by atoms with Crippen molar-refractivity contribution in [2.45, 2.75) is 19.4 Å². The molecule has 104 valence electrons. The summed E-state index contributed by atoms with van der Waals surface area (Å²) < 4.78 is 0. The third-order valence-electron chi connectivity index (χ3n) is 4.06. The number of thiazole rings is 1. The third kappa shape index (κ3) is 2.09. The Labute approximate surface area is 128 Å². The monoisotopic (exact) mass is 292 g/mol.